The van der Waals surface area contributed by atoms with E-state index in [1.807, 2.05) is 50.2 Å². The van der Waals surface area contributed by atoms with Gasteiger partial charge in [-0.2, -0.15) is 0 Å². The van der Waals surface area contributed by atoms with Crippen LogP contribution < -0.4 is 19.5 Å². The number of benzene rings is 2. The summed E-state index contributed by atoms with van der Waals surface area (Å²) in [6.07, 6.45) is 1.80. The summed E-state index contributed by atoms with van der Waals surface area (Å²) in [5, 5.41) is 3.32. The second kappa shape index (κ2) is 9.84. The van der Waals surface area contributed by atoms with Crippen molar-refractivity contribution < 1.29 is 19.0 Å². The van der Waals surface area contributed by atoms with E-state index in [0.29, 0.717) is 34.8 Å². The smallest absolute Gasteiger partial charge is 0.264 e. The summed E-state index contributed by atoms with van der Waals surface area (Å²) in [6.45, 7) is 4.98. The predicted octanol–water partition coefficient (Wildman–Crippen LogP) is 5.15. The van der Waals surface area contributed by atoms with Gasteiger partial charge >= 0.3 is 0 Å². The standard InChI is InChI=1S/C21H21BrN2O4S/c1-4-27-15-8-6-14(7-9-15)23-21-24-20(25)18(29-21)12-13-10-16(22)19(28-5-2)17(11-13)26-3/h6-12H,4-5H2,1-3H3,(H,23,24,25)/b18-12-. The Morgan fingerprint density at radius 3 is 2.52 bits per heavy atom. The molecule has 0 bridgehead atoms. The Hall–Kier alpha value is -2.45. The lowest BCUT2D eigenvalue weighted by molar-refractivity contribution is -0.115. The van der Waals surface area contributed by atoms with Crippen LogP contribution in [-0.4, -0.2) is 31.4 Å². The van der Waals surface area contributed by atoms with Gasteiger partial charge in [-0.05, 0) is 89.6 Å². The third-order valence-electron chi connectivity index (χ3n) is 3.87. The number of nitrogens with one attached hydrogen (secondary N) is 1. The number of amides is 1. The third-order valence-corrected chi connectivity index (χ3v) is 5.37. The average molecular weight is 477 g/mol. The first kappa shape index (κ1) is 21.3. The first-order valence-corrected chi connectivity index (χ1v) is 10.7. The summed E-state index contributed by atoms with van der Waals surface area (Å²) >= 11 is 4.79. The highest BCUT2D eigenvalue weighted by Crippen LogP contribution is 2.38. The third kappa shape index (κ3) is 5.33. The van der Waals surface area contributed by atoms with E-state index < -0.39 is 0 Å². The highest BCUT2D eigenvalue weighted by atomic mass is 79.9. The number of thioether (sulfide) groups is 1. The summed E-state index contributed by atoms with van der Waals surface area (Å²) in [7, 11) is 1.58. The fourth-order valence-corrected chi connectivity index (χ4v) is 4.06. The maximum absolute atomic E-state index is 12.4. The van der Waals surface area contributed by atoms with Crippen molar-refractivity contribution in [1.82, 2.24) is 5.32 Å². The Morgan fingerprint density at radius 1 is 1.14 bits per heavy atom. The molecule has 1 N–H and O–H groups in total. The number of nitrogens with zero attached hydrogens (tertiary/aromatic N) is 1. The van der Waals surface area contributed by atoms with E-state index in [-0.39, 0.29) is 5.91 Å². The molecule has 1 aliphatic rings. The monoisotopic (exact) mass is 476 g/mol. The lowest BCUT2D eigenvalue weighted by Gasteiger charge is -2.12. The number of aliphatic imine (C=N–C) groups is 1. The molecule has 1 fully saturated rings. The number of ether oxygens (including phenoxy) is 3. The molecule has 0 aromatic heterocycles. The van der Waals surface area contributed by atoms with Crippen molar-refractivity contribution in [3.63, 3.8) is 0 Å². The Balaban J connectivity index is 1.81. The first-order chi connectivity index (χ1) is 14.0. The maximum Gasteiger partial charge on any atom is 0.264 e. The zero-order valence-electron chi connectivity index (χ0n) is 16.3. The normalized spacial score (nSPS) is 16.2. The molecule has 1 saturated heterocycles. The molecule has 0 unspecified atom stereocenters. The number of amidine groups is 1. The van der Waals surface area contributed by atoms with E-state index in [1.54, 1.807) is 13.2 Å². The van der Waals surface area contributed by atoms with E-state index >= 15 is 0 Å². The SMILES string of the molecule is CCOc1ccc(N=C2NC(=O)/C(=C/c3cc(Br)c(OCC)c(OC)c3)S2)cc1. The average Bonchev–Trinajstić information content (AvgIpc) is 3.04. The van der Waals surface area contributed by atoms with Crippen LogP contribution in [0.15, 0.2) is 50.8 Å². The fraction of sp³-hybridized carbons (Fsp3) is 0.238. The first-order valence-electron chi connectivity index (χ1n) is 9.06. The van der Waals surface area contributed by atoms with Crippen LogP contribution in [0.5, 0.6) is 17.2 Å². The van der Waals surface area contributed by atoms with Crippen molar-refractivity contribution in [3.8, 4) is 17.2 Å². The van der Waals surface area contributed by atoms with Crippen molar-refractivity contribution in [2.75, 3.05) is 20.3 Å². The molecule has 3 rings (SSSR count). The van der Waals surface area contributed by atoms with Gasteiger partial charge in [0.25, 0.3) is 5.91 Å². The van der Waals surface area contributed by atoms with Crippen LogP contribution in [0.1, 0.15) is 19.4 Å². The van der Waals surface area contributed by atoms with Gasteiger partial charge in [0, 0.05) is 0 Å². The number of carbonyl (C=O) groups excluding carboxylic acids is 1. The van der Waals surface area contributed by atoms with Crippen molar-refractivity contribution in [2.24, 2.45) is 4.99 Å². The van der Waals surface area contributed by atoms with Crippen LogP contribution in [-0.2, 0) is 4.79 Å². The minimum Gasteiger partial charge on any atom is -0.494 e. The molecule has 0 atom stereocenters. The lowest BCUT2D eigenvalue weighted by atomic mass is 10.2. The fourth-order valence-electron chi connectivity index (χ4n) is 2.64. The van der Waals surface area contributed by atoms with E-state index in [2.05, 4.69) is 26.2 Å². The van der Waals surface area contributed by atoms with E-state index in [1.165, 1.54) is 11.8 Å². The van der Waals surface area contributed by atoms with Crippen LogP contribution in [0.4, 0.5) is 5.69 Å². The van der Waals surface area contributed by atoms with Crippen molar-refractivity contribution in [1.29, 1.82) is 0 Å². The quantitative estimate of drug-likeness (QED) is 0.559. The summed E-state index contributed by atoms with van der Waals surface area (Å²) in [6, 6.07) is 11.1. The Kier molecular flexibility index (Phi) is 7.22. The van der Waals surface area contributed by atoms with E-state index in [4.69, 9.17) is 14.2 Å². The van der Waals surface area contributed by atoms with Gasteiger partial charge in [0.15, 0.2) is 16.7 Å². The van der Waals surface area contributed by atoms with Gasteiger partial charge in [-0.25, -0.2) is 4.99 Å². The summed E-state index contributed by atoms with van der Waals surface area (Å²) in [5.41, 5.74) is 1.56. The molecular weight excluding hydrogens is 456 g/mol. The molecule has 0 spiro atoms. The Bertz CT molecular complexity index is 958. The number of carbonyl (C=O) groups is 1. The highest BCUT2D eigenvalue weighted by Gasteiger charge is 2.24. The summed E-state index contributed by atoms with van der Waals surface area (Å²) < 4.78 is 17.2. The van der Waals surface area contributed by atoms with Gasteiger partial charge in [0.1, 0.15) is 5.75 Å². The van der Waals surface area contributed by atoms with Crippen LogP contribution >= 0.6 is 27.7 Å². The van der Waals surface area contributed by atoms with Crippen LogP contribution in [0, 0.1) is 0 Å². The van der Waals surface area contributed by atoms with Crippen LogP contribution in [0.2, 0.25) is 0 Å². The molecule has 0 radical (unpaired) electrons. The highest BCUT2D eigenvalue weighted by molar-refractivity contribution is 9.10. The molecule has 1 heterocycles. The van der Waals surface area contributed by atoms with Gasteiger partial charge < -0.3 is 19.5 Å². The minimum atomic E-state index is -0.191. The topological polar surface area (TPSA) is 69.2 Å². The molecule has 1 amide bonds. The molecule has 6 nitrogen and oxygen atoms in total. The molecule has 2 aromatic carbocycles. The Morgan fingerprint density at radius 2 is 1.86 bits per heavy atom. The van der Waals surface area contributed by atoms with Crippen molar-refractivity contribution in [2.45, 2.75) is 13.8 Å². The lowest BCUT2D eigenvalue weighted by Crippen LogP contribution is -2.19. The molecule has 0 aliphatic carbocycles. The number of halogens is 1. The largest absolute Gasteiger partial charge is 0.494 e. The summed E-state index contributed by atoms with van der Waals surface area (Å²) in [5.74, 6) is 1.83. The van der Waals surface area contributed by atoms with Gasteiger partial charge in [0.05, 0.1) is 35.4 Å². The van der Waals surface area contributed by atoms with Crippen molar-refractivity contribution >= 4 is 50.5 Å². The van der Waals surface area contributed by atoms with Crippen molar-refractivity contribution in [3.05, 3.63) is 51.3 Å². The summed E-state index contributed by atoms with van der Waals surface area (Å²) in [4.78, 5) is 17.4. The predicted molar refractivity (Wildman–Crippen MR) is 120 cm³/mol. The van der Waals surface area contributed by atoms with E-state index in [9.17, 15) is 4.79 Å². The number of hydrogen-bond donors (Lipinski definition) is 1. The number of methoxy groups -OCH3 is 1. The zero-order valence-corrected chi connectivity index (χ0v) is 18.7. The van der Waals surface area contributed by atoms with Gasteiger partial charge in [0.2, 0.25) is 0 Å². The molecule has 8 heteroatoms. The second-order valence-corrected chi connectivity index (χ2v) is 7.76. The Labute approximate surface area is 182 Å². The van der Waals surface area contributed by atoms with Gasteiger partial charge in [-0.3, -0.25) is 4.79 Å². The van der Waals surface area contributed by atoms with Gasteiger partial charge in [-0.15, -0.1) is 0 Å². The zero-order chi connectivity index (χ0) is 20.8. The molecule has 29 heavy (non-hydrogen) atoms. The molecule has 1 aliphatic heterocycles. The van der Waals surface area contributed by atoms with Crippen LogP contribution in [0.3, 0.4) is 0 Å². The maximum atomic E-state index is 12.4. The molecule has 0 saturated carbocycles. The van der Waals surface area contributed by atoms with Crippen LogP contribution in [0.25, 0.3) is 6.08 Å². The molecule has 152 valence electrons. The second-order valence-electron chi connectivity index (χ2n) is 5.88. The van der Waals surface area contributed by atoms with Gasteiger partial charge in [-0.1, -0.05) is 0 Å². The molecule has 2 aromatic rings. The van der Waals surface area contributed by atoms with E-state index in [0.717, 1.165) is 21.5 Å². The number of rotatable bonds is 7. The number of hydrogen-bond acceptors (Lipinski definition) is 6. The molecular formula is C21H21BrN2O4S. The minimum absolute atomic E-state index is 0.191.